The van der Waals surface area contributed by atoms with Gasteiger partial charge in [0.15, 0.2) is 0 Å². The van der Waals surface area contributed by atoms with Gasteiger partial charge in [-0.3, -0.25) is 0 Å². The first-order chi connectivity index (χ1) is 4.75. The van der Waals surface area contributed by atoms with Gasteiger partial charge in [-0.2, -0.15) is 5.26 Å². The van der Waals surface area contributed by atoms with Crippen molar-refractivity contribution in [1.29, 1.82) is 5.26 Å². The zero-order valence-corrected chi connectivity index (χ0v) is 6.07. The van der Waals surface area contributed by atoms with Gasteiger partial charge in [-0.25, -0.2) is 4.98 Å². The summed E-state index contributed by atoms with van der Waals surface area (Å²) in [5.74, 6) is 0.883. The Balaban J connectivity index is 2.96. The Morgan fingerprint density at radius 2 is 2.50 bits per heavy atom. The number of rotatable bonds is 1. The normalized spacial score (nSPS) is 12.5. The molecule has 1 aromatic heterocycles. The summed E-state index contributed by atoms with van der Waals surface area (Å²) in [6.45, 7) is 3.72. The van der Waals surface area contributed by atoms with Crippen molar-refractivity contribution in [2.24, 2.45) is 0 Å². The maximum Gasteiger partial charge on any atom is 0.119 e. The molecular formula is C7H9N3. The summed E-state index contributed by atoms with van der Waals surface area (Å²) in [5, 5.41) is 8.53. The first-order valence-electron chi connectivity index (χ1n) is 3.14. The summed E-state index contributed by atoms with van der Waals surface area (Å²) in [7, 11) is 0. The smallest absolute Gasteiger partial charge is 0.119 e. The molecule has 1 heterocycles. The van der Waals surface area contributed by atoms with E-state index in [1.165, 1.54) is 0 Å². The SMILES string of the molecule is Cc1nccn1[C@@H](C)C#N. The third kappa shape index (κ3) is 1.01. The van der Waals surface area contributed by atoms with E-state index in [4.69, 9.17) is 5.26 Å². The molecule has 0 aliphatic rings. The first-order valence-corrected chi connectivity index (χ1v) is 3.14. The van der Waals surface area contributed by atoms with E-state index in [9.17, 15) is 0 Å². The van der Waals surface area contributed by atoms with E-state index < -0.39 is 0 Å². The zero-order valence-electron chi connectivity index (χ0n) is 6.07. The summed E-state index contributed by atoms with van der Waals surface area (Å²) < 4.78 is 1.83. The number of nitrogens with zero attached hydrogens (tertiary/aromatic N) is 3. The highest BCUT2D eigenvalue weighted by Crippen LogP contribution is 2.05. The molecule has 3 nitrogen and oxygen atoms in total. The van der Waals surface area contributed by atoms with E-state index in [1.54, 1.807) is 6.20 Å². The van der Waals surface area contributed by atoms with Crippen LogP contribution in [-0.4, -0.2) is 9.55 Å². The van der Waals surface area contributed by atoms with Crippen LogP contribution >= 0.6 is 0 Å². The standard InChI is InChI=1S/C7H9N3/c1-6(5-8)10-4-3-9-7(10)2/h3-4,6H,1-2H3/t6-/m0/s1. The Kier molecular flexibility index (Phi) is 1.72. The van der Waals surface area contributed by atoms with Gasteiger partial charge in [0.05, 0.1) is 6.07 Å². The Labute approximate surface area is 59.9 Å². The van der Waals surface area contributed by atoms with Crippen LogP contribution in [0.15, 0.2) is 12.4 Å². The maximum atomic E-state index is 8.53. The van der Waals surface area contributed by atoms with E-state index in [0.29, 0.717) is 0 Å². The molecule has 0 aliphatic heterocycles. The van der Waals surface area contributed by atoms with Gasteiger partial charge in [0, 0.05) is 12.4 Å². The van der Waals surface area contributed by atoms with E-state index in [1.807, 2.05) is 24.6 Å². The number of aromatic nitrogens is 2. The van der Waals surface area contributed by atoms with Crippen LogP contribution in [0.2, 0.25) is 0 Å². The Morgan fingerprint density at radius 3 is 2.90 bits per heavy atom. The minimum absolute atomic E-state index is 0.109. The minimum Gasteiger partial charge on any atom is -0.319 e. The molecule has 0 unspecified atom stereocenters. The van der Waals surface area contributed by atoms with Gasteiger partial charge in [-0.05, 0) is 13.8 Å². The molecule has 0 saturated heterocycles. The molecule has 0 amide bonds. The van der Waals surface area contributed by atoms with E-state index >= 15 is 0 Å². The van der Waals surface area contributed by atoms with Crippen LogP contribution in [0.25, 0.3) is 0 Å². The second-order valence-electron chi connectivity index (χ2n) is 2.19. The second kappa shape index (κ2) is 2.53. The van der Waals surface area contributed by atoms with Gasteiger partial charge in [0.25, 0.3) is 0 Å². The van der Waals surface area contributed by atoms with Crippen LogP contribution < -0.4 is 0 Å². The van der Waals surface area contributed by atoms with Crippen molar-refractivity contribution in [2.45, 2.75) is 19.9 Å². The molecule has 1 atom stereocenters. The summed E-state index contributed by atoms with van der Waals surface area (Å²) >= 11 is 0. The first kappa shape index (κ1) is 6.81. The van der Waals surface area contributed by atoms with Gasteiger partial charge in [0.2, 0.25) is 0 Å². The predicted molar refractivity (Wildman–Crippen MR) is 37.3 cm³/mol. The Hall–Kier alpha value is -1.30. The van der Waals surface area contributed by atoms with Crippen LogP contribution in [0.5, 0.6) is 0 Å². The molecule has 0 N–H and O–H groups in total. The van der Waals surface area contributed by atoms with Crippen LogP contribution in [-0.2, 0) is 0 Å². The highest BCUT2D eigenvalue weighted by molar-refractivity contribution is 4.97. The fraction of sp³-hybridized carbons (Fsp3) is 0.429. The number of imidazole rings is 1. The molecule has 1 rings (SSSR count). The molecule has 0 spiro atoms. The molecule has 1 aromatic rings. The molecule has 3 heteroatoms. The monoisotopic (exact) mass is 135 g/mol. The summed E-state index contributed by atoms with van der Waals surface area (Å²) in [6.07, 6.45) is 3.51. The van der Waals surface area contributed by atoms with Gasteiger partial charge >= 0.3 is 0 Å². The fourth-order valence-corrected chi connectivity index (χ4v) is 0.859. The fourth-order valence-electron chi connectivity index (χ4n) is 0.859. The van der Waals surface area contributed by atoms with Gasteiger partial charge in [-0.1, -0.05) is 0 Å². The average Bonchev–Trinajstić information content (AvgIpc) is 2.34. The third-order valence-corrected chi connectivity index (χ3v) is 1.47. The second-order valence-corrected chi connectivity index (χ2v) is 2.19. The lowest BCUT2D eigenvalue weighted by molar-refractivity contribution is 0.650. The Bertz CT molecular complexity index is 256. The average molecular weight is 135 g/mol. The van der Waals surface area contributed by atoms with Gasteiger partial charge in [0.1, 0.15) is 11.9 Å². The highest BCUT2D eigenvalue weighted by Gasteiger charge is 2.02. The highest BCUT2D eigenvalue weighted by atomic mass is 15.1. The summed E-state index contributed by atoms with van der Waals surface area (Å²) in [6, 6.07) is 2.02. The number of hydrogen-bond donors (Lipinski definition) is 0. The molecule has 0 fully saturated rings. The number of nitriles is 1. The van der Waals surface area contributed by atoms with Crippen molar-refractivity contribution < 1.29 is 0 Å². The van der Waals surface area contributed by atoms with Crippen molar-refractivity contribution in [3.05, 3.63) is 18.2 Å². The molecular weight excluding hydrogens is 126 g/mol. The molecule has 0 aromatic carbocycles. The lowest BCUT2D eigenvalue weighted by atomic mass is 10.4. The lowest BCUT2D eigenvalue weighted by Gasteiger charge is -2.04. The van der Waals surface area contributed by atoms with E-state index in [0.717, 1.165) is 5.82 Å². The van der Waals surface area contributed by atoms with Crippen molar-refractivity contribution in [1.82, 2.24) is 9.55 Å². The summed E-state index contributed by atoms with van der Waals surface area (Å²) in [4.78, 5) is 4.00. The van der Waals surface area contributed by atoms with Crippen LogP contribution in [0.3, 0.4) is 0 Å². The molecule has 52 valence electrons. The topological polar surface area (TPSA) is 41.6 Å². The van der Waals surface area contributed by atoms with Crippen LogP contribution in [0.1, 0.15) is 18.8 Å². The largest absolute Gasteiger partial charge is 0.319 e. The summed E-state index contributed by atoms with van der Waals surface area (Å²) in [5.41, 5.74) is 0. The predicted octanol–water partition coefficient (Wildman–Crippen LogP) is 1.28. The van der Waals surface area contributed by atoms with E-state index in [2.05, 4.69) is 11.1 Å². The number of aryl methyl sites for hydroxylation is 1. The van der Waals surface area contributed by atoms with Gasteiger partial charge in [-0.15, -0.1) is 0 Å². The molecule has 0 saturated carbocycles. The van der Waals surface area contributed by atoms with Crippen molar-refractivity contribution >= 4 is 0 Å². The maximum absolute atomic E-state index is 8.53. The number of hydrogen-bond acceptors (Lipinski definition) is 2. The van der Waals surface area contributed by atoms with Crippen LogP contribution in [0.4, 0.5) is 0 Å². The molecule has 0 aliphatic carbocycles. The lowest BCUT2D eigenvalue weighted by Crippen LogP contribution is -2.02. The molecule has 0 radical (unpaired) electrons. The van der Waals surface area contributed by atoms with Crippen molar-refractivity contribution in [2.75, 3.05) is 0 Å². The third-order valence-electron chi connectivity index (χ3n) is 1.47. The van der Waals surface area contributed by atoms with Crippen LogP contribution in [0, 0.1) is 18.3 Å². The molecule has 10 heavy (non-hydrogen) atoms. The van der Waals surface area contributed by atoms with Gasteiger partial charge < -0.3 is 4.57 Å². The van der Waals surface area contributed by atoms with Crippen molar-refractivity contribution in [3.8, 4) is 6.07 Å². The Morgan fingerprint density at radius 1 is 1.80 bits per heavy atom. The zero-order chi connectivity index (χ0) is 7.56. The van der Waals surface area contributed by atoms with E-state index in [-0.39, 0.29) is 6.04 Å². The van der Waals surface area contributed by atoms with Crippen molar-refractivity contribution in [3.63, 3.8) is 0 Å². The minimum atomic E-state index is -0.109. The quantitative estimate of drug-likeness (QED) is 0.582. The molecule has 0 bridgehead atoms.